The second-order valence-corrected chi connectivity index (χ2v) is 11.0. The molecule has 6 nitrogen and oxygen atoms in total. The second-order valence-electron chi connectivity index (χ2n) is 11.0. The van der Waals surface area contributed by atoms with Gasteiger partial charge in [-0.2, -0.15) is 0 Å². The fourth-order valence-electron chi connectivity index (χ4n) is 6.11. The summed E-state index contributed by atoms with van der Waals surface area (Å²) in [5.41, 5.74) is 5.33. The number of phenols is 4. The molecule has 0 spiro atoms. The standard InChI is InChI=1S/C37H28N2O4.2Ni/c1-21-9-13-27-23(17-21)11-15-29-33(27)34-28-14-10-22(2)18-24(28)12-16-30(34)37(29,38-19-25-5-3-7-31(40)35(25)42)39-20-26-6-4-8-32(41)36(26)43;;/h3-20,40-43H,1-2H3;;/b38-19+,39-20+;;. The SMILES string of the molecule is Cc1ccc2c3c(ccc2c1)C(/N=C/c1cccc(O)c1O)(/N=C/c1cccc(O)c1O)c1ccc2cc(C)ccc2c1-3.[Ni].[Ni]. The molecule has 1 aliphatic carbocycles. The maximum Gasteiger partial charge on any atom is 0.202 e. The summed E-state index contributed by atoms with van der Waals surface area (Å²) >= 11 is 0. The Morgan fingerprint density at radius 1 is 0.533 bits per heavy atom. The molecular weight excluding hydrogens is 654 g/mol. The van der Waals surface area contributed by atoms with E-state index < -0.39 is 5.66 Å². The Balaban J connectivity index is 0.00000200. The van der Waals surface area contributed by atoms with Crippen LogP contribution in [0, 0.1) is 13.8 Å². The summed E-state index contributed by atoms with van der Waals surface area (Å²) < 4.78 is 0. The first-order valence-electron chi connectivity index (χ1n) is 14.0. The molecule has 0 atom stereocenters. The van der Waals surface area contributed by atoms with Crippen molar-refractivity contribution < 1.29 is 53.4 Å². The number of rotatable bonds is 4. The van der Waals surface area contributed by atoms with Gasteiger partial charge >= 0.3 is 0 Å². The van der Waals surface area contributed by atoms with E-state index in [0.717, 1.165) is 54.9 Å². The zero-order valence-electron chi connectivity index (χ0n) is 24.2. The molecule has 6 aromatic rings. The molecule has 0 aromatic heterocycles. The molecule has 8 heteroatoms. The number of aromatic hydroxyl groups is 4. The van der Waals surface area contributed by atoms with E-state index in [9.17, 15) is 20.4 Å². The smallest absolute Gasteiger partial charge is 0.202 e. The van der Waals surface area contributed by atoms with Crippen molar-refractivity contribution in [2.45, 2.75) is 19.5 Å². The first-order valence-corrected chi connectivity index (χ1v) is 14.0. The predicted octanol–water partition coefficient (Wildman–Crippen LogP) is 7.85. The number of nitrogens with zero attached hydrogens (tertiary/aromatic N) is 2. The van der Waals surface area contributed by atoms with Gasteiger partial charge in [-0.25, -0.2) is 0 Å². The van der Waals surface area contributed by atoms with Crippen LogP contribution in [0.5, 0.6) is 23.0 Å². The van der Waals surface area contributed by atoms with Crippen molar-refractivity contribution in [2.75, 3.05) is 0 Å². The van der Waals surface area contributed by atoms with Gasteiger partial charge in [0.15, 0.2) is 23.0 Å². The summed E-state index contributed by atoms with van der Waals surface area (Å²) in [6, 6.07) is 30.4. The predicted molar refractivity (Wildman–Crippen MR) is 172 cm³/mol. The van der Waals surface area contributed by atoms with Gasteiger partial charge < -0.3 is 20.4 Å². The fourth-order valence-corrected chi connectivity index (χ4v) is 6.11. The molecule has 4 N–H and O–H groups in total. The number of aliphatic imine (C=N–C) groups is 2. The van der Waals surface area contributed by atoms with Gasteiger partial charge in [0.05, 0.1) is 0 Å². The minimum Gasteiger partial charge on any atom is -0.504 e. The number of hydrogen-bond donors (Lipinski definition) is 4. The third-order valence-corrected chi connectivity index (χ3v) is 8.22. The third-order valence-electron chi connectivity index (χ3n) is 8.22. The molecule has 0 heterocycles. The van der Waals surface area contributed by atoms with E-state index in [1.807, 2.05) is 12.1 Å². The van der Waals surface area contributed by atoms with Gasteiger partial charge in [0, 0.05) is 67.7 Å². The number of fused-ring (bicyclic) bond motifs is 7. The molecule has 0 saturated carbocycles. The van der Waals surface area contributed by atoms with Crippen molar-refractivity contribution in [1.29, 1.82) is 0 Å². The van der Waals surface area contributed by atoms with Crippen LogP contribution < -0.4 is 0 Å². The van der Waals surface area contributed by atoms with Crippen molar-refractivity contribution in [1.82, 2.24) is 0 Å². The molecule has 0 unspecified atom stereocenters. The maximum absolute atomic E-state index is 10.6. The van der Waals surface area contributed by atoms with Crippen LogP contribution in [0.15, 0.2) is 107 Å². The van der Waals surface area contributed by atoms with Crippen molar-refractivity contribution >= 4 is 34.0 Å². The molecule has 0 aliphatic heterocycles. The van der Waals surface area contributed by atoms with Gasteiger partial charge in [-0.3, -0.25) is 9.98 Å². The molecule has 1 aliphatic rings. The van der Waals surface area contributed by atoms with Gasteiger partial charge in [0.2, 0.25) is 5.66 Å². The Bertz CT molecular complexity index is 2020. The van der Waals surface area contributed by atoms with Gasteiger partial charge in [-0.1, -0.05) is 83.9 Å². The summed E-state index contributed by atoms with van der Waals surface area (Å²) in [7, 11) is 0. The number of hydrogen-bond acceptors (Lipinski definition) is 6. The molecule has 0 amide bonds. The molecule has 0 saturated heterocycles. The first-order chi connectivity index (χ1) is 20.8. The fraction of sp³-hybridized carbons (Fsp3) is 0.0811. The minimum absolute atomic E-state index is 0. The van der Waals surface area contributed by atoms with Crippen molar-refractivity contribution in [3.05, 3.63) is 130 Å². The summed E-state index contributed by atoms with van der Waals surface area (Å²) in [5, 5.41) is 45.9. The van der Waals surface area contributed by atoms with E-state index in [1.54, 1.807) is 24.3 Å². The molecule has 6 aromatic carbocycles. The Morgan fingerprint density at radius 2 is 0.956 bits per heavy atom. The molecule has 7 rings (SSSR count). The molecule has 0 radical (unpaired) electrons. The first kappa shape index (κ1) is 31.8. The summed E-state index contributed by atoms with van der Waals surface area (Å²) in [6.07, 6.45) is 3.04. The molecule has 45 heavy (non-hydrogen) atoms. The average molecular weight is 682 g/mol. The molecule has 0 fully saturated rings. The normalized spacial score (nSPS) is 13.1. The molecular formula is C37H28N2Ni2O4. The van der Waals surface area contributed by atoms with Crippen molar-refractivity contribution in [2.24, 2.45) is 9.98 Å². The number of aryl methyl sites for hydroxylation is 2. The van der Waals surface area contributed by atoms with E-state index >= 15 is 0 Å². The van der Waals surface area contributed by atoms with Gasteiger partial charge in [0.1, 0.15) is 0 Å². The van der Waals surface area contributed by atoms with Crippen LogP contribution in [-0.2, 0) is 38.6 Å². The Morgan fingerprint density at radius 3 is 1.38 bits per heavy atom. The summed E-state index contributed by atoms with van der Waals surface area (Å²) in [4.78, 5) is 10.2. The van der Waals surface area contributed by atoms with Gasteiger partial charge in [0.25, 0.3) is 0 Å². The zero-order valence-corrected chi connectivity index (χ0v) is 26.2. The van der Waals surface area contributed by atoms with Crippen LogP contribution in [0.25, 0.3) is 32.7 Å². The van der Waals surface area contributed by atoms with E-state index in [-0.39, 0.29) is 56.0 Å². The van der Waals surface area contributed by atoms with Crippen LogP contribution in [0.3, 0.4) is 0 Å². The van der Waals surface area contributed by atoms with E-state index in [0.29, 0.717) is 11.1 Å². The van der Waals surface area contributed by atoms with Crippen LogP contribution in [0.4, 0.5) is 0 Å². The zero-order chi connectivity index (χ0) is 29.9. The largest absolute Gasteiger partial charge is 0.504 e. The van der Waals surface area contributed by atoms with E-state index in [1.165, 1.54) is 24.6 Å². The Hall–Kier alpha value is -4.63. The second kappa shape index (κ2) is 12.0. The summed E-state index contributed by atoms with van der Waals surface area (Å²) in [5.74, 6) is -1.06. The Kier molecular flexibility index (Phi) is 8.51. The average Bonchev–Trinajstić information content (AvgIpc) is 3.28. The molecule has 230 valence electrons. The van der Waals surface area contributed by atoms with Crippen LogP contribution in [0.1, 0.15) is 33.4 Å². The van der Waals surface area contributed by atoms with E-state index in [4.69, 9.17) is 9.98 Å². The number of para-hydroxylation sites is 2. The van der Waals surface area contributed by atoms with Crippen LogP contribution >= 0.6 is 0 Å². The van der Waals surface area contributed by atoms with Gasteiger partial charge in [-0.05, 0) is 70.8 Å². The number of phenolic OH excluding ortho intramolecular Hbond substituents is 4. The topological polar surface area (TPSA) is 106 Å². The molecule has 0 bridgehead atoms. The van der Waals surface area contributed by atoms with E-state index in [2.05, 4.69) is 62.4 Å². The summed E-state index contributed by atoms with van der Waals surface area (Å²) in [6.45, 7) is 4.14. The van der Waals surface area contributed by atoms with Crippen molar-refractivity contribution in [3.8, 4) is 34.1 Å². The van der Waals surface area contributed by atoms with Crippen molar-refractivity contribution in [3.63, 3.8) is 0 Å². The maximum atomic E-state index is 10.6. The Labute approximate surface area is 280 Å². The minimum atomic E-state index is -1.32. The van der Waals surface area contributed by atoms with Crippen LogP contribution in [-0.4, -0.2) is 32.9 Å². The monoisotopic (exact) mass is 680 g/mol. The number of benzene rings is 6. The van der Waals surface area contributed by atoms with Crippen LogP contribution in [0.2, 0.25) is 0 Å². The quantitative estimate of drug-likeness (QED) is 0.0864. The third kappa shape index (κ3) is 5.14. The van der Waals surface area contributed by atoms with Gasteiger partial charge in [-0.15, -0.1) is 0 Å².